The van der Waals surface area contributed by atoms with Crippen LogP contribution >= 0.6 is 0 Å². The first-order valence-electron chi connectivity index (χ1n) is 9.33. The summed E-state index contributed by atoms with van der Waals surface area (Å²) >= 11 is 0. The van der Waals surface area contributed by atoms with Crippen LogP contribution < -0.4 is 0 Å². The number of Topliss-reactive ketones (excluding diaryl/α,β-unsaturated/α-hetero) is 1. The van der Waals surface area contributed by atoms with Crippen molar-refractivity contribution in [2.45, 2.75) is 51.9 Å². The molecule has 0 aromatic heterocycles. The molecule has 6 nitrogen and oxygen atoms in total. The highest BCUT2D eigenvalue weighted by atomic mass is 32.2. The van der Waals surface area contributed by atoms with E-state index in [4.69, 9.17) is 8.92 Å². The lowest BCUT2D eigenvalue weighted by molar-refractivity contribution is -0.202. The number of rotatable bonds is 9. The molecule has 3 atom stereocenters. The van der Waals surface area contributed by atoms with Gasteiger partial charge in [0.25, 0.3) is 10.1 Å². The Bertz CT molecular complexity index is 934. The summed E-state index contributed by atoms with van der Waals surface area (Å²) in [6.07, 6.45) is -2.05. The first-order chi connectivity index (χ1) is 13.5. The van der Waals surface area contributed by atoms with Gasteiger partial charge in [-0.15, -0.1) is 0 Å². The molecule has 2 rings (SSSR count). The van der Waals surface area contributed by atoms with Crippen LogP contribution in [0, 0.1) is 19.3 Å². The Hall–Kier alpha value is -2.06. The summed E-state index contributed by atoms with van der Waals surface area (Å²) in [4.78, 5) is 12.2. The van der Waals surface area contributed by atoms with Crippen molar-refractivity contribution in [3.8, 4) is 0 Å². The zero-order valence-electron chi connectivity index (χ0n) is 17.4. The Kier molecular flexibility index (Phi) is 7.35. The minimum atomic E-state index is -4.08. The molecule has 0 radical (unpaired) electrons. The van der Waals surface area contributed by atoms with E-state index in [0.717, 1.165) is 16.7 Å². The lowest BCUT2D eigenvalue weighted by Crippen LogP contribution is -2.45. The third-order valence-electron chi connectivity index (χ3n) is 5.05. The number of hydrogen-bond donors (Lipinski definition) is 1. The van der Waals surface area contributed by atoms with Gasteiger partial charge in [-0.1, -0.05) is 47.5 Å². The summed E-state index contributed by atoms with van der Waals surface area (Å²) in [6.45, 7) is 7.70. The molecular formula is C22H28O6S. The van der Waals surface area contributed by atoms with Gasteiger partial charge in [0, 0.05) is 0 Å². The van der Waals surface area contributed by atoms with Crippen LogP contribution in [0.1, 0.15) is 43.6 Å². The number of aliphatic hydroxyl groups is 1. The van der Waals surface area contributed by atoms with Crippen LogP contribution in [0.15, 0.2) is 53.4 Å². The standard InChI is InChI=1S/C22H28O6S/c1-15-6-10-19(11-7-15)17(3)28-21(24)22(5,18(4)23)14-27-29(25,26)20-12-8-16(2)9-13-20/h6-13,17,21,24H,14H2,1-5H3. The van der Waals surface area contributed by atoms with Gasteiger partial charge in [-0.3, -0.25) is 8.98 Å². The molecule has 0 saturated heterocycles. The zero-order valence-corrected chi connectivity index (χ0v) is 18.2. The molecule has 29 heavy (non-hydrogen) atoms. The predicted octanol–water partition coefficient (Wildman–Crippen LogP) is 3.70. The molecule has 7 heteroatoms. The van der Waals surface area contributed by atoms with Gasteiger partial charge in [-0.2, -0.15) is 8.42 Å². The molecule has 158 valence electrons. The number of aliphatic hydroxyl groups excluding tert-OH is 1. The maximum atomic E-state index is 12.5. The minimum Gasteiger partial charge on any atom is -0.367 e. The van der Waals surface area contributed by atoms with Gasteiger partial charge in [0.1, 0.15) is 11.2 Å². The van der Waals surface area contributed by atoms with Gasteiger partial charge in [-0.25, -0.2) is 0 Å². The van der Waals surface area contributed by atoms with Crippen LogP contribution in [0.4, 0.5) is 0 Å². The average molecular weight is 421 g/mol. The highest BCUT2D eigenvalue weighted by Crippen LogP contribution is 2.30. The Morgan fingerprint density at radius 2 is 1.52 bits per heavy atom. The van der Waals surface area contributed by atoms with Gasteiger partial charge in [0.2, 0.25) is 0 Å². The Morgan fingerprint density at radius 3 is 2.00 bits per heavy atom. The van der Waals surface area contributed by atoms with E-state index >= 15 is 0 Å². The summed E-state index contributed by atoms with van der Waals surface area (Å²) < 4.78 is 35.7. The maximum absolute atomic E-state index is 12.5. The zero-order chi connectivity index (χ0) is 21.8. The number of carbonyl (C=O) groups is 1. The van der Waals surface area contributed by atoms with Gasteiger partial charge >= 0.3 is 0 Å². The predicted molar refractivity (Wildman–Crippen MR) is 110 cm³/mol. The van der Waals surface area contributed by atoms with Crippen LogP contribution in [0.25, 0.3) is 0 Å². The molecule has 0 fully saturated rings. The van der Waals surface area contributed by atoms with Crippen LogP contribution in [-0.2, 0) is 23.8 Å². The molecule has 0 saturated carbocycles. The molecule has 0 heterocycles. The van der Waals surface area contributed by atoms with Crippen LogP contribution in [0.5, 0.6) is 0 Å². The van der Waals surface area contributed by atoms with Crippen molar-refractivity contribution in [2.24, 2.45) is 5.41 Å². The van der Waals surface area contributed by atoms with E-state index in [1.165, 1.54) is 26.0 Å². The minimum absolute atomic E-state index is 0.0163. The number of hydrogen-bond acceptors (Lipinski definition) is 6. The van der Waals surface area contributed by atoms with Crippen LogP contribution in [0.2, 0.25) is 0 Å². The van der Waals surface area contributed by atoms with Crippen molar-refractivity contribution >= 4 is 15.9 Å². The van der Waals surface area contributed by atoms with Crippen molar-refractivity contribution in [1.82, 2.24) is 0 Å². The first-order valence-corrected chi connectivity index (χ1v) is 10.7. The third-order valence-corrected chi connectivity index (χ3v) is 6.33. The molecule has 0 bridgehead atoms. The second-order valence-electron chi connectivity index (χ2n) is 7.54. The topological polar surface area (TPSA) is 89.9 Å². The van der Waals surface area contributed by atoms with E-state index in [0.29, 0.717) is 0 Å². The molecule has 0 aliphatic carbocycles. The second-order valence-corrected chi connectivity index (χ2v) is 9.16. The summed E-state index contributed by atoms with van der Waals surface area (Å²) in [6, 6.07) is 13.8. The van der Waals surface area contributed by atoms with Gasteiger partial charge in [0.15, 0.2) is 6.29 Å². The molecule has 3 unspecified atom stereocenters. The van der Waals surface area contributed by atoms with Gasteiger partial charge in [-0.05, 0) is 52.3 Å². The maximum Gasteiger partial charge on any atom is 0.297 e. The van der Waals surface area contributed by atoms with Crippen molar-refractivity contribution < 1.29 is 27.2 Å². The molecule has 0 aliphatic heterocycles. The van der Waals surface area contributed by atoms with E-state index in [1.807, 2.05) is 38.1 Å². The Balaban J connectivity index is 2.14. The molecular weight excluding hydrogens is 392 g/mol. The fraction of sp³-hybridized carbons (Fsp3) is 0.409. The van der Waals surface area contributed by atoms with Crippen LogP contribution in [-0.4, -0.2) is 32.2 Å². The SMILES string of the molecule is CC(=O)C(C)(COS(=O)(=O)c1ccc(C)cc1)C(O)OC(C)c1ccc(C)cc1. The summed E-state index contributed by atoms with van der Waals surface area (Å²) in [5, 5.41) is 10.6. The number of ether oxygens (including phenoxy) is 1. The third kappa shape index (κ3) is 5.73. The van der Waals surface area contributed by atoms with E-state index in [-0.39, 0.29) is 4.90 Å². The first kappa shape index (κ1) is 23.2. The summed E-state index contributed by atoms with van der Waals surface area (Å²) in [5.74, 6) is -0.444. The smallest absolute Gasteiger partial charge is 0.297 e. The molecule has 2 aromatic rings. The average Bonchev–Trinajstić information content (AvgIpc) is 2.66. The molecule has 0 amide bonds. The second kappa shape index (κ2) is 9.17. The number of ketones is 1. The molecule has 0 aliphatic rings. The number of benzene rings is 2. The highest BCUT2D eigenvalue weighted by molar-refractivity contribution is 7.86. The lowest BCUT2D eigenvalue weighted by atomic mass is 9.86. The number of aryl methyl sites for hydroxylation is 2. The number of carbonyl (C=O) groups excluding carboxylic acids is 1. The van der Waals surface area contributed by atoms with Crippen molar-refractivity contribution in [2.75, 3.05) is 6.61 Å². The molecule has 1 N–H and O–H groups in total. The Labute approximate surface area is 172 Å². The monoisotopic (exact) mass is 420 g/mol. The summed E-state index contributed by atoms with van der Waals surface area (Å²) in [7, 11) is -4.08. The Morgan fingerprint density at radius 1 is 1.03 bits per heavy atom. The van der Waals surface area contributed by atoms with Crippen molar-refractivity contribution in [3.05, 3.63) is 65.2 Å². The van der Waals surface area contributed by atoms with E-state index in [1.54, 1.807) is 19.1 Å². The van der Waals surface area contributed by atoms with E-state index in [2.05, 4.69) is 0 Å². The fourth-order valence-electron chi connectivity index (χ4n) is 2.58. The van der Waals surface area contributed by atoms with Gasteiger partial charge in [0.05, 0.1) is 17.6 Å². The fourth-order valence-corrected chi connectivity index (χ4v) is 3.58. The summed E-state index contributed by atoms with van der Waals surface area (Å²) in [5.41, 5.74) is 1.27. The van der Waals surface area contributed by atoms with Crippen molar-refractivity contribution in [1.29, 1.82) is 0 Å². The van der Waals surface area contributed by atoms with Crippen molar-refractivity contribution in [3.63, 3.8) is 0 Å². The largest absolute Gasteiger partial charge is 0.367 e. The van der Waals surface area contributed by atoms with E-state index < -0.39 is 40.3 Å². The molecule has 2 aromatic carbocycles. The highest BCUT2D eigenvalue weighted by Gasteiger charge is 2.41. The normalized spacial score (nSPS) is 16.1. The lowest BCUT2D eigenvalue weighted by Gasteiger charge is -2.33. The quantitative estimate of drug-likeness (QED) is 0.491. The molecule has 0 spiro atoms. The van der Waals surface area contributed by atoms with Crippen LogP contribution in [0.3, 0.4) is 0 Å². The van der Waals surface area contributed by atoms with E-state index in [9.17, 15) is 18.3 Å². The van der Waals surface area contributed by atoms with Gasteiger partial charge < -0.3 is 9.84 Å².